The number of fused-ring (bicyclic) bond motifs is 10. The SMILES string of the molecule is c1ccc(-c2cc(-n3c4ccccc4c4cccnc43)cc(-n3c4ccccc4c4ccc5c(c6ccccc6n5-c5ccccc5)c43)c2)cc1. The monoisotopic (exact) mass is 650 g/mol. The van der Waals surface area contributed by atoms with Crippen LogP contribution in [0.1, 0.15) is 0 Å². The Bertz CT molecular complexity index is 3070. The molecule has 0 atom stereocenters. The second-order valence-corrected chi connectivity index (χ2v) is 13.2. The van der Waals surface area contributed by atoms with Crippen LogP contribution in [0.25, 0.3) is 93.7 Å². The standard InChI is InChI=1S/C47H30N4/c1-3-14-31(15-4-1)32-28-34(30-35(29-32)51-42-23-11-8-19-37(42)39-21-13-27-48-47(39)51)50-41-22-10-7-18-36(41)38-25-26-44-45(46(38)50)40-20-9-12-24-43(40)49(44)33-16-5-2-6-17-33/h1-30H. The number of hydrogen-bond donors (Lipinski definition) is 0. The van der Waals surface area contributed by atoms with E-state index in [-0.39, 0.29) is 0 Å². The maximum absolute atomic E-state index is 4.95. The van der Waals surface area contributed by atoms with Crippen LogP contribution in [-0.2, 0) is 0 Å². The average Bonchev–Trinajstić information content (AvgIpc) is 3.84. The van der Waals surface area contributed by atoms with E-state index in [1.54, 1.807) is 0 Å². The molecule has 0 fully saturated rings. The molecule has 0 amide bonds. The second-order valence-electron chi connectivity index (χ2n) is 13.2. The van der Waals surface area contributed by atoms with Gasteiger partial charge in [0.1, 0.15) is 5.65 Å². The molecule has 0 aliphatic heterocycles. The van der Waals surface area contributed by atoms with Gasteiger partial charge < -0.3 is 9.13 Å². The molecule has 4 nitrogen and oxygen atoms in total. The third-order valence-corrected chi connectivity index (χ3v) is 10.4. The topological polar surface area (TPSA) is 27.7 Å². The highest BCUT2D eigenvalue weighted by Gasteiger charge is 2.22. The largest absolute Gasteiger partial charge is 0.309 e. The zero-order valence-electron chi connectivity index (χ0n) is 27.6. The molecular weight excluding hydrogens is 621 g/mol. The molecule has 51 heavy (non-hydrogen) atoms. The maximum atomic E-state index is 4.95. The molecule has 0 aliphatic carbocycles. The van der Waals surface area contributed by atoms with Crippen molar-refractivity contribution >= 4 is 65.5 Å². The first-order chi connectivity index (χ1) is 25.3. The summed E-state index contributed by atoms with van der Waals surface area (Å²) in [5.41, 5.74) is 12.5. The van der Waals surface area contributed by atoms with Crippen molar-refractivity contribution in [1.29, 1.82) is 0 Å². The summed E-state index contributed by atoms with van der Waals surface area (Å²) in [6.45, 7) is 0. The Balaban J connectivity index is 1.31. The highest BCUT2D eigenvalue weighted by atomic mass is 15.1. The molecule has 7 aromatic carbocycles. The number of para-hydroxylation sites is 4. The van der Waals surface area contributed by atoms with Crippen molar-refractivity contribution in [3.8, 4) is 28.2 Å². The van der Waals surface area contributed by atoms with Crippen molar-refractivity contribution in [1.82, 2.24) is 18.7 Å². The second kappa shape index (κ2) is 10.8. The minimum Gasteiger partial charge on any atom is -0.309 e. The van der Waals surface area contributed by atoms with E-state index in [4.69, 9.17) is 4.98 Å². The Labute approximate surface area is 293 Å². The Morgan fingerprint density at radius 3 is 1.65 bits per heavy atom. The van der Waals surface area contributed by atoms with Crippen LogP contribution in [0.4, 0.5) is 0 Å². The minimum absolute atomic E-state index is 0.949. The van der Waals surface area contributed by atoms with E-state index >= 15 is 0 Å². The molecular formula is C47H30N4. The normalized spacial score (nSPS) is 11.9. The van der Waals surface area contributed by atoms with Gasteiger partial charge in [0.15, 0.2) is 0 Å². The fourth-order valence-corrected chi connectivity index (χ4v) is 8.34. The average molecular weight is 651 g/mol. The van der Waals surface area contributed by atoms with E-state index in [0.717, 1.165) is 39.2 Å². The molecule has 0 saturated carbocycles. The van der Waals surface area contributed by atoms with E-state index < -0.39 is 0 Å². The molecule has 0 N–H and O–H groups in total. The molecule has 4 heterocycles. The van der Waals surface area contributed by atoms with E-state index in [1.807, 2.05) is 12.3 Å². The Kier molecular flexibility index (Phi) is 5.92. The van der Waals surface area contributed by atoms with Crippen molar-refractivity contribution < 1.29 is 0 Å². The van der Waals surface area contributed by atoms with Crippen molar-refractivity contribution in [2.75, 3.05) is 0 Å². The van der Waals surface area contributed by atoms with Gasteiger partial charge >= 0.3 is 0 Å². The first kappa shape index (κ1) is 28.0. The van der Waals surface area contributed by atoms with Crippen molar-refractivity contribution in [2.24, 2.45) is 0 Å². The van der Waals surface area contributed by atoms with Crippen LogP contribution < -0.4 is 0 Å². The maximum Gasteiger partial charge on any atom is 0.145 e. The van der Waals surface area contributed by atoms with Crippen LogP contribution in [0, 0.1) is 0 Å². The van der Waals surface area contributed by atoms with Gasteiger partial charge in [0.2, 0.25) is 0 Å². The fourth-order valence-electron chi connectivity index (χ4n) is 8.34. The predicted molar refractivity (Wildman–Crippen MR) is 213 cm³/mol. The first-order valence-electron chi connectivity index (χ1n) is 17.4. The number of pyridine rings is 1. The molecule has 0 aliphatic rings. The van der Waals surface area contributed by atoms with E-state index in [9.17, 15) is 0 Å². The number of aromatic nitrogens is 4. The summed E-state index contributed by atoms with van der Waals surface area (Å²) in [4.78, 5) is 4.95. The van der Waals surface area contributed by atoms with Crippen LogP contribution >= 0.6 is 0 Å². The van der Waals surface area contributed by atoms with Crippen molar-refractivity contribution in [3.63, 3.8) is 0 Å². The lowest BCUT2D eigenvalue weighted by molar-refractivity contribution is 1.11. The smallest absolute Gasteiger partial charge is 0.145 e. The van der Waals surface area contributed by atoms with Gasteiger partial charge in [-0.05, 0) is 77.9 Å². The number of rotatable bonds is 4. The molecule has 0 spiro atoms. The fraction of sp³-hybridized carbons (Fsp3) is 0. The molecule has 11 rings (SSSR count). The first-order valence-corrected chi connectivity index (χ1v) is 17.4. The highest BCUT2D eigenvalue weighted by molar-refractivity contribution is 6.26. The Morgan fingerprint density at radius 1 is 0.333 bits per heavy atom. The summed E-state index contributed by atoms with van der Waals surface area (Å²) in [5.74, 6) is 0. The third-order valence-electron chi connectivity index (χ3n) is 10.4. The third kappa shape index (κ3) is 4.05. The molecule has 0 bridgehead atoms. The van der Waals surface area contributed by atoms with Gasteiger partial charge in [-0.2, -0.15) is 0 Å². The minimum atomic E-state index is 0.949. The van der Waals surface area contributed by atoms with Gasteiger partial charge in [-0.15, -0.1) is 0 Å². The van der Waals surface area contributed by atoms with E-state index in [1.165, 1.54) is 54.6 Å². The van der Waals surface area contributed by atoms with E-state index in [2.05, 4.69) is 184 Å². The lowest BCUT2D eigenvalue weighted by Crippen LogP contribution is -2.01. The quantitative estimate of drug-likeness (QED) is 0.186. The zero-order chi connectivity index (χ0) is 33.5. The highest BCUT2D eigenvalue weighted by Crippen LogP contribution is 2.43. The van der Waals surface area contributed by atoms with Gasteiger partial charge in [0.25, 0.3) is 0 Å². The lowest BCUT2D eigenvalue weighted by Gasteiger charge is -2.16. The number of nitrogens with zero attached hydrogens (tertiary/aromatic N) is 4. The zero-order valence-corrected chi connectivity index (χ0v) is 27.6. The lowest BCUT2D eigenvalue weighted by atomic mass is 10.0. The number of benzene rings is 7. The van der Waals surface area contributed by atoms with Crippen molar-refractivity contribution in [3.05, 3.63) is 182 Å². The number of hydrogen-bond acceptors (Lipinski definition) is 1. The van der Waals surface area contributed by atoms with Crippen molar-refractivity contribution in [2.45, 2.75) is 0 Å². The molecule has 238 valence electrons. The molecule has 0 radical (unpaired) electrons. The van der Waals surface area contributed by atoms with Crippen LogP contribution in [0.2, 0.25) is 0 Å². The van der Waals surface area contributed by atoms with Crippen LogP contribution in [0.5, 0.6) is 0 Å². The van der Waals surface area contributed by atoms with Gasteiger partial charge in [0.05, 0.1) is 33.3 Å². The summed E-state index contributed by atoms with van der Waals surface area (Å²) >= 11 is 0. The summed E-state index contributed by atoms with van der Waals surface area (Å²) in [5, 5.41) is 7.28. The van der Waals surface area contributed by atoms with Crippen LogP contribution in [0.3, 0.4) is 0 Å². The molecule has 11 aromatic rings. The molecule has 4 aromatic heterocycles. The molecule has 0 saturated heterocycles. The van der Waals surface area contributed by atoms with Gasteiger partial charge in [-0.3, -0.25) is 4.57 Å². The Morgan fingerprint density at radius 2 is 0.902 bits per heavy atom. The van der Waals surface area contributed by atoms with E-state index in [0.29, 0.717) is 0 Å². The summed E-state index contributed by atoms with van der Waals surface area (Å²) in [7, 11) is 0. The molecule has 0 unspecified atom stereocenters. The van der Waals surface area contributed by atoms with Crippen LogP contribution in [0.15, 0.2) is 182 Å². The van der Waals surface area contributed by atoms with Gasteiger partial charge in [0, 0.05) is 49.9 Å². The van der Waals surface area contributed by atoms with Gasteiger partial charge in [-0.25, -0.2) is 4.98 Å². The molecule has 4 heteroatoms. The summed E-state index contributed by atoms with van der Waals surface area (Å²) in [6, 6.07) is 63.5. The summed E-state index contributed by atoms with van der Waals surface area (Å²) < 4.78 is 7.22. The predicted octanol–water partition coefficient (Wildman–Crippen LogP) is 12.0. The Hall–Kier alpha value is -6.91. The van der Waals surface area contributed by atoms with Gasteiger partial charge in [-0.1, -0.05) is 109 Å². The van der Waals surface area contributed by atoms with Crippen LogP contribution in [-0.4, -0.2) is 18.7 Å². The summed E-state index contributed by atoms with van der Waals surface area (Å²) in [6.07, 6.45) is 1.89.